The number of nitrogens with zero attached hydrogens (tertiary/aromatic N) is 2. The number of nitrogens with two attached hydrogens (primary N) is 1. The van der Waals surface area contributed by atoms with E-state index >= 15 is 0 Å². The highest BCUT2D eigenvalue weighted by Crippen LogP contribution is 2.24. The number of benzene rings is 1. The first-order valence-corrected chi connectivity index (χ1v) is 6.21. The molecule has 0 amide bonds. The van der Waals surface area contributed by atoms with Crippen molar-refractivity contribution in [1.82, 2.24) is 4.98 Å². The van der Waals surface area contributed by atoms with E-state index in [1.807, 2.05) is 24.3 Å². The van der Waals surface area contributed by atoms with Crippen molar-refractivity contribution >= 4 is 11.5 Å². The molecule has 0 aliphatic heterocycles. The van der Waals surface area contributed by atoms with E-state index in [-0.39, 0.29) is 6.04 Å². The molecular formula is C15H16N4. The summed E-state index contributed by atoms with van der Waals surface area (Å²) < 4.78 is 0. The number of anilines is 2. The molecule has 0 saturated heterocycles. The third-order valence-electron chi connectivity index (χ3n) is 2.97. The molecule has 4 nitrogen and oxygen atoms in total. The van der Waals surface area contributed by atoms with Gasteiger partial charge in [0.15, 0.2) is 0 Å². The minimum atomic E-state index is 0.156. The van der Waals surface area contributed by atoms with Gasteiger partial charge in [-0.25, -0.2) is 4.98 Å². The van der Waals surface area contributed by atoms with Crippen LogP contribution in [0.3, 0.4) is 0 Å². The van der Waals surface area contributed by atoms with Gasteiger partial charge in [0.05, 0.1) is 17.3 Å². The molecule has 1 atom stereocenters. The molecule has 2 aromatic rings. The van der Waals surface area contributed by atoms with Gasteiger partial charge in [0, 0.05) is 6.20 Å². The summed E-state index contributed by atoms with van der Waals surface area (Å²) in [6.45, 7) is 2.10. The molecule has 0 fully saturated rings. The van der Waals surface area contributed by atoms with Gasteiger partial charge >= 0.3 is 0 Å². The van der Waals surface area contributed by atoms with Crippen LogP contribution in [0.15, 0.2) is 42.6 Å². The standard InChI is InChI=1S/C15H16N4/c1-2-14(12-6-4-3-5-7-12)19-15-13(17)8-11(9-16)10-18-15/h3-8,10,14H,2,17H2,1H3,(H,18,19). The highest BCUT2D eigenvalue weighted by Gasteiger charge is 2.11. The third kappa shape index (κ3) is 3.02. The van der Waals surface area contributed by atoms with Crippen LogP contribution in [-0.2, 0) is 0 Å². The maximum atomic E-state index is 8.79. The Labute approximate surface area is 112 Å². The van der Waals surface area contributed by atoms with Gasteiger partial charge in [0.25, 0.3) is 0 Å². The van der Waals surface area contributed by atoms with Crippen LogP contribution in [0.1, 0.15) is 30.5 Å². The first-order chi connectivity index (χ1) is 9.24. The molecule has 0 spiro atoms. The fourth-order valence-corrected chi connectivity index (χ4v) is 1.94. The Morgan fingerprint density at radius 1 is 1.37 bits per heavy atom. The Kier molecular flexibility index (Phi) is 3.99. The molecule has 1 aromatic carbocycles. The summed E-state index contributed by atoms with van der Waals surface area (Å²) in [6, 6.07) is 14.0. The van der Waals surface area contributed by atoms with E-state index in [9.17, 15) is 0 Å². The van der Waals surface area contributed by atoms with E-state index < -0.39 is 0 Å². The smallest absolute Gasteiger partial charge is 0.149 e. The molecule has 1 aromatic heterocycles. The topological polar surface area (TPSA) is 74.7 Å². The molecule has 3 N–H and O–H groups in total. The molecule has 0 radical (unpaired) electrons. The largest absolute Gasteiger partial charge is 0.396 e. The molecule has 1 unspecified atom stereocenters. The van der Waals surface area contributed by atoms with Crippen molar-refractivity contribution in [2.75, 3.05) is 11.1 Å². The second-order valence-electron chi connectivity index (χ2n) is 4.29. The van der Waals surface area contributed by atoms with E-state index in [0.717, 1.165) is 6.42 Å². The van der Waals surface area contributed by atoms with Crippen molar-refractivity contribution < 1.29 is 0 Å². The number of pyridine rings is 1. The van der Waals surface area contributed by atoms with E-state index in [0.29, 0.717) is 17.1 Å². The zero-order chi connectivity index (χ0) is 13.7. The number of rotatable bonds is 4. The van der Waals surface area contributed by atoms with Crippen molar-refractivity contribution in [3.8, 4) is 6.07 Å². The second-order valence-corrected chi connectivity index (χ2v) is 4.29. The van der Waals surface area contributed by atoms with Gasteiger partial charge in [-0.15, -0.1) is 0 Å². The molecule has 0 bridgehead atoms. The summed E-state index contributed by atoms with van der Waals surface area (Å²) in [6.07, 6.45) is 2.45. The van der Waals surface area contributed by atoms with Gasteiger partial charge in [-0.1, -0.05) is 37.3 Å². The Balaban J connectivity index is 2.22. The van der Waals surface area contributed by atoms with E-state index in [1.165, 1.54) is 11.8 Å². The lowest BCUT2D eigenvalue weighted by atomic mass is 10.0. The van der Waals surface area contributed by atoms with Gasteiger partial charge in [0.2, 0.25) is 0 Å². The number of hydrogen-bond acceptors (Lipinski definition) is 4. The number of aromatic nitrogens is 1. The normalized spacial score (nSPS) is 11.6. The van der Waals surface area contributed by atoms with Crippen LogP contribution in [0.4, 0.5) is 11.5 Å². The van der Waals surface area contributed by atoms with Crippen molar-refractivity contribution in [2.24, 2.45) is 0 Å². The summed E-state index contributed by atoms with van der Waals surface area (Å²) in [5, 5.41) is 12.1. The van der Waals surface area contributed by atoms with Crippen LogP contribution in [0.25, 0.3) is 0 Å². The molecule has 19 heavy (non-hydrogen) atoms. The van der Waals surface area contributed by atoms with E-state index in [2.05, 4.69) is 29.4 Å². The van der Waals surface area contributed by atoms with Crippen LogP contribution < -0.4 is 11.1 Å². The van der Waals surface area contributed by atoms with Gasteiger partial charge < -0.3 is 11.1 Å². The summed E-state index contributed by atoms with van der Waals surface area (Å²) in [4.78, 5) is 4.20. The summed E-state index contributed by atoms with van der Waals surface area (Å²) in [5.41, 5.74) is 8.05. The zero-order valence-electron chi connectivity index (χ0n) is 10.8. The van der Waals surface area contributed by atoms with Crippen molar-refractivity contribution in [1.29, 1.82) is 5.26 Å². The second kappa shape index (κ2) is 5.87. The maximum absolute atomic E-state index is 8.79. The summed E-state index contributed by atoms with van der Waals surface area (Å²) >= 11 is 0. The van der Waals surface area contributed by atoms with Gasteiger partial charge in [0.1, 0.15) is 11.9 Å². The SMILES string of the molecule is CCC(Nc1ncc(C#N)cc1N)c1ccccc1. The molecule has 0 saturated carbocycles. The predicted molar refractivity (Wildman–Crippen MR) is 76.5 cm³/mol. The maximum Gasteiger partial charge on any atom is 0.149 e. The molecule has 2 rings (SSSR count). The minimum Gasteiger partial charge on any atom is -0.396 e. The van der Waals surface area contributed by atoms with E-state index in [1.54, 1.807) is 6.07 Å². The minimum absolute atomic E-state index is 0.156. The Morgan fingerprint density at radius 3 is 2.68 bits per heavy atom. The number of nitrogens with one attached hydrogen (secondary N) is 1. The summed E-state index contributed by atoms with van der Waals surface area (Å²) in [5.74, 6) is 0.620. The third-order valence-corrected chi connectivity index (χ3v) is 2.97. The van der Waals surface area contributed by atoms with Crippen molar-refractivity contribution in [2.45, 2.75) is 19.4 Å². The van der Waals surface area contributed by atoms with Crippen molar-refractivity contribution in [3.63, 3.8) is 0 Å². The van der Waals surface area contributed by atoms with Gasteiger partial charge in [-0.05, 0) is 18.1 Å². The molecule has 4 heteroatoms. The van der Waals surface area contributed by atoms with Crippen molar-refractivity contribution in [3.05, 3.63) is 53.7 Å². The van der Waals surface area contributed by atoms with Crippen LogP contribution in [-0.4, -0.2) is 4.98 Å². The Hall–Kier alpha value is -2.54. The molecule has 1 heterocycles. The average molecular weight is 252 g/mol. The van der Waals surface area contributed by atoms with Crippen LogP contribution >= 0.6 is 0 Å². The molecule has 96 valence electrons. The average Bonchev–Trinajstić information content (AvgIpc) is 2.47. The van der Waals surface area contributed by atoms with Gasteiger partial charge in [-0.2, -0.15) is 5.26 Å². The predicted octanol–water partition coefficient (Wildman–Crippen LogP) is 3.10. The number of nitriles is 1. The number of hydrogen-bond donors (Lipinski definition) is 2. The fraction of sp³-hybridized carbons (Fsp3) is 0.200. The van der Waals surface area contributed by atoms with Crippen LogP contribution in [0.2, 0.25) is 0 Å². The highest BCUT2D eigenvalue weighted by atomic mass is 15.0. The van der Waals surface area contributed by atoms with E-state index in [4.69, 9.17) is 11.0 Å². The molecular weight excluding hydrogens is 236 g/mol. The Morgan fingerprint density at radius 2 is 2.11 bits per heavy atom. The van der Waals surface area contributed by atoms with Gasteiger partial charge in [-0.3, -0.25) is 0 Å². The summed E-state index contributed by atoms with van der Waals surface area (Å²) in [7, 11) is 0. The first-order valence-electron chi connectivity index (χ1n) is 6.21. The zero-order valence-corrected chi connectivity index (χ0v) is 10.8. The lowest BCUT2D eigenvalue weighted by Crippen LogP contribution is -2.12. The lowest BCUT2D eigenvalue weighted by molar-refractivity contribution is 0.745. The quantitative estimate of drug-likeness (QED) is 0.876. The Bertz CT molecular complexity index is 587. The van der Waals surface area contributed by atoms with Crippen LogP contribution in [0, 0.1) is 11.3 Å². The highest BCUT2D eigenvalue weighted by molar-refractivity contribution is 5.63. The monoisotopic (exact) mass is 252 g/mol. The molecule has 0 aliphatic rings. The first kappa shape index (κ1) is 12.9. The lowest BCUT2D eigenvalue weighted by Gasteiger charge is -2.19. The van der Waals surface area contributed by atoms with Crippen LogP contribution in [0.5, 0.6) is 0 Å². The fourth-order valence-electron chi connectivity index (χ4n) is 1.94. The molecule has 0 aliphatic carbocycles. The number of nitrogen functional groups attached to an aromatic ring is 1.